The molecule has 1 aromatic carbocycles. The van der Waals surface area contributed by atoms with E-state index in [1.807, 2.05) is 0 Å². The first-order valence-electron chi connectivity index (χ1n) is 9.18. The van der Waals surface area contributed by atoms with Gasteiger partial charge in [0.1, 0.15) is 27.7 Å². The number of anilines is 2. The van der Waals surface area contributed by atoms with E-state index in [0.29, 0.717) is 30.8 Å². The lowest BCUT2D eigenvalue weighted by molar-refractivity contribution is -0.0477. The van der Waals surface area contributed by atoms with Gasteiger partial charge in [0.25, 0.3) is 5.91 Å². The summed E-state index contributed by atoms with van der Waals surface area (Å²) in [7, 11) is 1.70. The van der Waals surface area contributed by atoms with E-state index in [1.165, 1.54) is 12.3 Å². The average molecular weight is 435 g/mol. The molecule has 0 aliphatic carbocycles. The first-order valence-corrected chi connectivity index (χ1v) is 10.0. The van der Waals surface area contributed by atoms with Gasteiger partial charge in [0.05, 0.1) is 29.2 Å². The number of aliphatic hydroxyl groups is 1. The number of thiazole rings is 1. The molecule has 0 spiro atoms. The van der Waals surface area contributed by atoms with Crippen LogP contribution >= 0.6 is 11.3 Å². The van der Waals surface area contributed by atoms with Gasteiger partial charge in [0.15, 0.2) is 5.69 Å². The number of rotatable bonds is 4. The Hall–Kier alpha value is -2.89. The van der Waals surface area contributed by atoms with Crippen LogP contribution in [0.1, 0.15) is 35.1 Å². The lowest BCUT2D eigenvalue weighted by atomic mass is 10.0. The van der Waals surface area contributed by atoms with Crippen LogP contribution < -0.4 is 11.1 Å². The number of nitrogens with one attached hydrogen (secondary N) is 1. The fourth-order valence-corrected chi connectivity index (χ4v) is 4.26. The minimum Gasteiger partial charge on any atom is -0.393 e. The monoisotopic (exact) mass is 435 g/mol. The van der Waals surface area contributed by atoms with Gasteiger partial charge in [-0.2, -0.15) is 5.10 Å². The molecular weight excluding hydrogens is 416 g/mol. The molecule has 1 amide bonds. The first kappa shape index (κ1) is 20.4. The van der Waals surface area contributed by atoms with E-state index < -0.39 is 29.7 Å². The van der Waals surface area contributed by atoms with Crippen LogP contribution in [0.15, 0.2) is 24.4 Å². The summed E-state index contributed by atoms with van der Waals surface area (Å²) >= 11 is 0.820. The molecule has 0 radical (unpaired) electrons. The Labute approximate surface area is 174 Å². The summed E-state index contributed by atoms with van der Waals surface area (Å²) in [6.07, 6.45) is 1.43. The molecule has 0 saturated carbocycles. The third kappa shape index (κ3) is 3.78. The van der Waals surface area contributed by atoms with Crippen molar-refractivity contribution in [2.75, 3.05) is 17.7 Å². The highest BCUT2D eigenvalue weighted by molar-refractivity contribution is 7.19. The van der Waals surface area contributed by atoms with Crippen LogP contribution in [0.3, 0.4) is 0 Å². The lowest BCUT2D eigenvalue weighted by Crippen LogP contribution is -2.26. The summed E-state index contributed by atoms with van der Waals surface area (Å²) < 4.78 is 35.4. The number of benzene rings is 1. The van der Waals surface area contributed by atoms with Gasteiger partial charge in [-0.15, -0.1) is 0 Å². The van der Waals surface area contributed by atoms with Crippen LogP contribution in [0.2, 0.25) is 0 Å². The molecule has 2 aromatic heterocycles. The molecule has 30 heavy (non-hydrogen) atoms. The second kappa shape index (κ2) is 8.09. The number of halogens is 2. The van der Waals surface area contributed by atoms with E-state index in [-0.39, 0.29) is 21.3 Å². The highest BCUT2D eigenvalue weighted by Crippen LogP contribution is 2.35. The van der Waals surface area contributed by atoms with Crippen LogP contribution in [0.4, 0.5) is 19.5 Å². The zero-order valence-electron chi connectivity index (χ0n) is 15.9. The molecule has 0 unspecified atom stereocenters. The molecular formula is C19H19F2N5O3S. The maximum atomic E-state index is 14.1. The number of carbonyl (C=O) groups excluding carboxylic acids is 1. The zero-order valence-corrected chi connectivity index (χ0v) is 16.7. The second-order valence-electron chi connectivity index (χ2n) is 6.89. The summed E-state index contributed by atoms with van der Waals surface area (Å²) in [6.45, 7) is 0.390. The number of nitrogen functional groups attached to an aromatic ring is 1. The standard InChI is InChI=1S/C19H19F2N5O3S/c1-26-16(13-7-9(27)5-6-29-13)12(8-23-26)24-18(28)15-17(22)30-19(25-15)14-10(20)3-2-4-11(14)21/h2-4,8-9,13,27H,5-7,22H2,1H3,(H,24,28)/t9-,13+/m1/s1. The summed E-state index contributed by atoms with van der Waals surface area (Å²) in [6, 6.07) is 3.46. The lowest BCUT2D eigenvalue weighted by Gasteiger charge is -2.27. The minimum absolute atomic E-state index is 0.0277. The van der Waals surface area contributed by atoms with E-state index in [9.17, 15) is 18.7 Å². The molecule has 1 fully saturated rings. The Kier molecular flexibility index (Phi) is 5.50. The number of aryl methyl sites for hydroxylation is 1. The molecule has 2 atom stereocenters. The molecule has 8 nitrogen and oxygen atoms in total. The van der Waals surface area contributed by atoms with E-state index in [1.54, 1.807) is 11.7 Å². The van der Waals surface area contributed by atoms with Crippen molar-refractivity contribution >= 4 is 27.9 Å². The van der Waals surface area contributed by atoms with Crippen molar-refractivity contribution in [1.29, 1.82) is 0 Å². The maximum absolute atomic E-state index is 14.1. The zero-order chi connectivity index (χ0) is 21.4. The maximum Gasteiger partial charge on any atom is 0.277 e. The fraction of sp³-hybridized carbons (Fsp3) is 0.316. The highest BCUT2D eigenvalue weighted by atomic mass is 32.1. The smallest absolute Gasteiger partial charge is 0.277 e. The van der Waals surface area contributed by atoms with Crippen LogP contribution in [-0.2, 0) is 11.8 Å². The molecule has 11 heteroatoms. The largest absolute Gasteiger partial charge is 0.393 e. The molecule has 0 bridgehead atoms. The van der Waals surface area contributed by atoms with Crippen molar-refractivity contribution in [2.24, 2.45) is 7.05 Å². The van der Waals surface area contributed by atoms with Crippen LogP contribution in [0, 0.1) is 11.6 Å². The Morgan fingerprint density at radius 1 is 1.40 bits per heavy atom. The van der Waals surface area contributed by atoms with Gasteiger partial charge in [-0.1, -0.05) is 17.4 Å². The Morgan fingerprint density at radius 3 is 2.83 bits per heavy atom. The number of aromatic nitrogens is 3. The van der Waals surface area contributed by atoms with Crippen LogP contribution in [0.25, 0.3) is 10.6 Å². The summed E-state index contributed by atoms with van der Waals surface area (Å²) in [5.41, 5.74) is 6.41. The number of carbonyl (C=O) groups is 1. The van der Waals surface area contributed by atoms with Crippen molar-refractivity contribution in [1.82, 2.24) is 14.8 Å². The molecule has 1 aliphatic rings. The first-order chi connectivity index (χ1) is 14.3. The molecule has 158 valence electrons. The van der Waals surface area contributed by atoms with Gasteiger partial charge in [-0.3, -0.25) is 9.48 Å². The van der Waals surface area contributed by atoms with Crippen molar-refractivity contribution in [3.05, 3.63) is 47.4 Å². The number of nitrogens with zero attached hydrogens (tertiary/aromatic N) is 3. The summed E-state index contributed by atoms with van der Waals surface area (Å²) in [5.74, 6) is -2.23. The van der Waals surface area contributed by atoms with E-state index in [4.69, 9.17) is 10.5 Å². The van der Waals surface area contributed by atoms with Crippen molar-refractivity contribution in [3.8, 4) is 10.6 Å². The second-order valence-corrected chi connectivity index (χ2v) is 7.92. The SMILES string of the molecule is Cn1ncc(NC(=O)c2nc(-c3c(F)cccc3F)sc2N)c1[C@@H]1C[C@H](O)CCO1. The number of nitrogens with two attached hydrogens (primary N) is 1. The number of hydrogen-bond donors (Lipinski definition) is 3. The Bertz CT molecular complexity index is 1080. The third-order valence-electron chi connectivity index (χ3n) is 4.84. The van der Waals surface area contributed by atoms with Gasteiger partial charge >= 0.3 is 0 Å². The van der Waals surface area contributed by atoms with Gasteiger partial charge in [0, 0.05) is 20.1 Å². The van der Waals surface area contributed by atoms with Gasteiger partial charge in [-0.05, 0) is 18.6 Å². The average Bonchev–Trinajstić information content (AvgIpc) is 3.24. The van der Waals surface area contributed by atoms with E-state index >= 15 is 0 Å². The van der Waals surface area contributed by atoms with Crippen LogP contribution in [0.5, 0.6) is 0 Å². The topological polar surface area (TPSA) is 115 Å². The van der Waals surface area contributed by atoms with E-state index in [0.717, 1.165) is 23.5 Å². The predicted octanol–water partition coefficient (Wildman–Crippen LogP) is 2.87. The molecule has 3 aromatic rings. The number of hydrogen-bond acceptors (Lipinski definition) is 7. The number of ether oxygens (including phenoxy) is 1. The summed E-state index contributed by atoms with van der Waals surface area (Å²) in [5, 5.41) is 16.8. The molecule has 4 rings (SSSR count). The van der Waals surface area contributed by atoms with E-state index in [2.05, 4.69) is 15.4 Å². The third-order valence-corrected chi connectivity index (χ3v) is 5.74. The quantitative estimate of drug-likeness (QED) is 0.581. The van der Waals surface area contributed by atoms with Gasteiger partial charge in [0.2, 0.25) is 0 Å². The van der Waals surface area contributed by atoms with Crippen LogP contribution in [-0.4, -0.2) is 38.5 Å². The normalized spacial score (nSPS) is 19.1. The molecule has 1 saturated heterocycles. The minimum atomic E-state index is -0.793. The van der Waals surface area contributed by atoms with Gasteiger partial charge in [-0.25, -0.2) is 13.8 Å². The number of amides is 1. The van der Waals surface area contributed by atoms with Crippen molar-refractivity contribution < 1.29 is 23.4 Å². The number of aliphatic hydroxyl groups excluding tert-OH is 1. The van der Waals surface area contributed by atoms with Crippen molar-refractivity contribution in [3.63, 3.8) is 0 Å². The van der Waals surface area contributed by atoms with Crippen molar-refractivity contribution in [2.45, 2.75) is 25.0 Å². The molecule has 3 heterocycles. The van der Waals surface area contributed by atoms with Gasteiger partial charge < -0.3 is 20.9 Å². The molecule has 1 aliphatic heterocycles. The summed E-state index contributed by atoms with van der Waals surface area (Å²) in [4.78, 5) is 16.9. The Morgan fingerprint density at radius 2 is 2.13 bits per heavy atom. The highest BCUT2D eigenvalue weighted by Gasteiger charge is 2.29. The predicted molar refractivity (Wildman–Crippen MR) is 107 cm³/mol. The Balaban J connectivity index is 1.61. The fourth-order valence-electron chi connectivity index (χ4n) is 3.38. The molecule has 4 N–H and O–H groups in total.